The van der Waals surface area contributed by atoms with Crippen LogP contribution in [0.4, 0.5) is 0 Å². The molecule has 2 atom stereocenters. The second-order valence-electron chi connectivity index (χ2n) is 6.50. The second kappa shape index (κ2) is 6.49. The molecule has 0 amide bonds. The van der Waals surface area contributed by atoms with Crippen molar-refractivity contribution in [3.8, 4) is 0 Å². The van der Waals surface area contributed by atoms with Crippen molar-refractivity contribution >= 4 is 9.84 Å². The quantitative estimate of drug-likeness (QED) is 0.934. The van der Waals surface area contributed by atoms with Crippen LogP contribution in [0.2, 0.25) is 0 Å². The van der Waals surface area contributed by atoms with Crippen LogP contribution in [0.15, 0.2) is 30.3 Å². The van der Waals surface area contributed by atoms with Crippen molar-refractivity contribution < 1.29 is 8.42 Å². The van der Waals surface area contributed by atoms with Crippen molar-refractivity contribution in [2.75, 3.05) is 11.5 Å². The van der Waals surface area contributed by atoms with E-state index in [1.165, 1.54) is 31.2 Å². The molecule has 2 fully saturated rings. The van der Waals surface area contributed by atoms with Gasteiger partial charge in [-0.2, -0.15) is 0 Å². The van der Waals surface area contributed by atoms with Gasteiger partial charge in [0.2, 0.25) is 0 Å². The van der Waals surface area contributed by atoms with Gasteiger partial charge in [-0.25, -0.2) is 8.42 Å². The lowest BCUT2D eigenvalue weighted by molar-refractivity contribution is 0.289. The Kier molecular flexibility index (Phi) is 4.65. The van der Waals surface area contributed by atoms with E-state index in [9.17, 15) is 8.42 Å². The molecule has 0 radical (unpaired) electrons. The summed E-state index contributed by atoms with van der Waals surface area (Å²) in [7, 11) is -2.76. The fourth-order valence-electron chi connectivity index (χ4n) is 3.79. The third-order valence-corrected chi connectivity index (χ3v) is 6.71. The maximum Gasteiger partial charge on any atom is 0.150 e. The van der Waals surface area contributed by atoms with E-state index in [1.807, 2.05) is 0 Å². The van der Waals surface area contributed by atoms with Crippen LogP contribution >= 0.6 is 0 Å². The van der Waals surface area contributed by atoms with E-state index < -0.39 is 9.84 Å². The maximum absolute atomic E-state index is 11.5. The minimum Gasteiger partial charge on any atom is -0.311 e. The van der Waals surface area contributed by atoms with Crippen LogP contribution in [0, 0.1) is 0 Å². The molecule has 0 aromatic heterocycles. The Labute approximate surface area is 128 Å². The highest BCUT2D eigenvalue weighted by Gasteiger charge is 2.30. The number of sulfone groups is 1. The smallest absolute Gasteiger partial charge is 0.150 e. The molecule has 0 spiro atoms. The van der Waals surface area contributed by atoms with Gasteiger partial charge >= 0.3 is 0 Å². The van der Waals surface area contributed by atoms with Crippen LogP contribution in [-0.4, -0.2) is 32.0 Å². The molecular weight excluding hydrogens is 282 g/mol. The topological polar surface area (TPSA) is 46.2 Å². The zero-order valence-electron chi connectivity index (χ0n) is 12.5. The summed E-state index contributed by atoms with van der Waals surface area (Å²) in [6.07, 6.45) is 6.60. The first kappa shape index (κ1) is 15.0. The van der Waals surface area contributed by atoms with Crippen LogP contribution in [0.25, 0.3) is 0 Å². The van der Waals surface area contributed by atoms with E-state index in [4.69, 9.17) is 0 Å². The molecule has 3 nitrogen and oxygen atoms in total. The monoisotopic (exact) mass is 307 g/mol. The van der Waals surface area contributed by atoms with Gasteiger partial charge in [0.15, 0.2) is 0 Å². The number of hydrogen-bond donors (Lipinski definition) is 1. The lowest BCUT2D eigenvalue weighted by Crippen LogP contribution is -2.46. The molecule has 1 aromatic rings. The Morgan fingerprint density at radius 1 is 0.905 bits per heavy atom. The minimum absolute atomic E-state index is 0.355. The summed E-state index contributed by atoms with van der Waals surface area (Å²) in [5.74, 6) is 1.29. The molecule has 1 N–H and O–H groups in total. The molecule has 4 heteroatoms. The van der Waals surface area contributed by atoms with Crippen LogP contribution in [0.3, 0.4) is 0 Å². The van der Waals surface area contributed by atoms with Gasteiger partial charge in [-0.15, -0.1) is 0 Å². The van der Waals surface area contributed by atoms with E-state index >= 15 is 0 Å². The van der Waals surface area contributed by atoms with E-state index in [0.717, 1.165) is 12.8 Å². The third kappa shape index (κ3) is 3.86. The van der Waals surface area contributed by atoms with E-state index in [2.05, 4.69) is 35.6 Å². The molecule has 3 rings (SSSR count). The first-order chi connectivity index (χ1) is 10.1. The third-order valence-electron chi connectivity index (χ3n) is 5.00. The van der Waals surface area contributed by atoms with Crippen LogP contribution in [-0.2, 0) is 9.84 Å². The van der Waals surface area contributed by atoms with Crippen LogP contribution in [0.5, 0.6) is 0 Å². The van der Waals surface area contributed by atoms with Crippen LogP contribution < -0.4 is 5.32 Å². The van der Waals surface area contributed by atoms with Crippen LogP contribution in [0.1, 0.15) is 50.0 Å². The first-order valence-electron chi connectivity index (χ1n) is 8.15. The molecule has 2 aliphatic rings. The van der Waals surface area contributed by atoms with Crippen molar-refractivity contribution in [1.82, 2.24) is 5.32 Å². The summed E-state index contributed by atoms with van der Waals surface area (Å²) in [5, 5.41) is 3.78. The highest BCUT2D eigenvalue weighted by atomic mass is 32.2. The van der Waals surface area contributed by atoms with Crippen molar-refractivity contribution in [3.05, 3.63) is 35.9 Å². The summed E-state index contributed by atoms with van der Waals surface area (Å²) in [4.78, 5) is 0. The van der Waals surface area contributed by atoms with Crippen molar-refractivity contribution in [2.24, 2.45) is 0 Å². The fourth-order valence-corrected chi connectivity index (χ4v) is 5.28. The normalized spacial score (nSPS) is 30.1. The summed E-state index contributed by atoms with van der Waals surface area (Å²) in [6, 6.07) is 11.7. The standard InChI is InChI=1S/C17H25NO2S/c19-21(20)12-10-15(11-13-21)18-17-9-5-4-8-16(17)14-6-2-1-3-7-14/h1-3,6-7,15-18H,4-5,8-13H2. The molecular formula is C17H25NO2S. The van der Waals surface area contributed by atoms with Gasteiger partial charge in [0.25, 0.3) is 0 Å². The fraction of sp³-hybridized carbons (Fsp3) is 0.647. The van der Waals surface area contributed by atoms with Crippen molar-refractivity contribution in [2.45, 2.75) is 56.5 Å². The minimum atomic E-state index is -2.76. The second-order valence-corrected chi connectivity index (χ2v) is 8.80. The summed E-state index contributed by atoms with van der Waals surface area (Å²) >= 11 is 0. The Hall–Kier alpha value is -0.870. The predicted molar refractivity (Wildman–Crippen MR) is 86.3 cm³/mol. The van der Waals surface area contributed by atoms with Gasteiger partial charge < -0.3 is 5.32 Å². The molecule has 1 saturated heterocycles. The number of benzene rings is 1. The lowest BCUT2D eigenvalue weighted by atomic mass is 9.79. The molecule has 1 heterocycles. The van der Waals surface area contributed by atoms with Crippen molar-refractivity contribution in [3.63, 3.8) is 0 Å². The zero-order valence-corrected chi connectivity index (χ0v) is 13.3. The highest BCUT2D eigenvalue weighted by molar-refractivity contribution is 7.91. The Balaban J connectivity index is 1.65. The molecule has 0 bridgehead atoms. The largest absolute Gasteiger partial charge is 0.311 e. The molecule has 2 unspecified atom stereocenters. The lowest BCUT2D eigenvalue weighted by Gasteiger charge is -2.36. The number of nitrogens with one attached hydrogen (secondary N) is 1. The average Bonchev–Trinajstić information content (AvgIpc) is 2.51. The SMILES string of the molecule is O=S1(=O)CCC(NC2CCCCC2c2ccccc2)CC1. The predicted octanol–water partition coefficient (Wildman–Crippen LogP) is 2.88. The van der Waals surface area contributed by atoms with Gasteiger partial charge in [-0.3, -0.25) is 0 Å². The summed E-state index contributed by atoms with van der Waals surface area (Å²) in [6.45, 7) is 0. The Morgan fingerprint density at radius 3 is 2.29 bits per heavy atom. The highest BCUT2D eigenvalue weighted by Crippen LogP contribution is 2.33. The molecule has 116 valence electrons. The number of rotatable bonds is 3. The maximum atomic E-state index is 11.5. The Bertz CT molecular complexity index is 541. The molecule has 1 aromatic carbocycles. The van der Waals surface area contributed by atoms with Gasteiger partial charge in [-0.05, 0) is 37.2 Å². The van der Waals surface area contributed by atoms with E-state index in [1.54, 1.807) is 0 Å². The molecule has 1 aliphatic heterocycles. The van der Waals surface area contributed by atoms with Gasteiger partial charge in [0.05, 0.1) is 11.5 Å². The first-order valence-corrected chi connectivity index (χ1v) is 9.98. The summed E-state index contributed by atoms with van der Waals surface area (Å²) in [5.41, 5.74) is 1.43. The Morgan fingerprint density at radius 2 is 1.57 bits per heavy atom. The van der Waals surface area contributed by atoms with E-state index in [-0.39, 0.29) is 0 Å². The van der Waals surface area contributed by atoms with Crippen molar-refractivity contribution in [1.29, 1.82) is 0 Å². The van der Waals surface area contributed by atoms with E-state index in [0.29, 0.717) is 29.5 Å². The summed E-state index contributed by atoms with van der Waals surface area (Å²) < 4.78 is 23.1. The zero-order chi connectivity index (χ0) is 14.7. The molecule has 1 aliphatic carbocycles. The van der Waals surface area contributed by atoms with Gasteiger partial charge in [-0.1, -0.05) is 43.2 Å². The number of hydrogen-bond acceptors (Lipinski definition) is 3. The molecule has 1 saturated carbocycles. The van der Waals surface area contributed by atoms with Gasteiger partial charge in [0.1, 0.15) is 9.84 Å². The van der Waals surface area contributed by atoms with Gasteiger partial charge in [0, 0.05) is 12.1 Å². The molecule has 21 heavy (non-hydrogen) atoms. The average molecular weight is 307 g/mol.